The lowest BCUT2D eigenvalue weighted by Crippen LogP contribution is -2.29. The molecule has 1 heterocycles. The van der Waals surface area contributed by atoms with Crippen LogP contribution < -0.4 is 11.1 Å². The molecule has 1 fully saturated rings. The Balaban J connectivity index is 1.67. The Bertz CT molecular complexity index is 1430. The van der Waals surface area contributed by atoms with Gasteiger partial charge in [-0.2, -0.15) is 18.4 Å². The normalized spacial score (nSPS) is 17.5. The predicted octanol–water partition coefficient (Wildman–Crippen LogP) is 4.83. The number of aliphatic hydroxyl groups is 1. The first kappa shape index (κ1) is 27.6. The molecule has 0 aromatic heterocycles. The van der Waals surface area contributed by atoms with E-state index in [9.17, 15) is 23.1 Å². The lowest BCUT2D eigenvalue weighted by Gasteiger charge is -2.29. The average Bonchev–Trinajstić information content (AvgIpc) is 3.34. The van der Waals surface area contributed by atoms with E-state index in [-0.39, 0.29) is 17.3 Å². The van der Waals surface area contributed by atoms with Crippen LogP contribution in [0.25, 0.3) is 0 Å². The quantitative estimate of drug-likeness (QED) is 0.377. The highest BCUT2D eigenvalue weighted by Gasteiger charge is 2.33. The van der Waals surface area contributed by atoms with Gasteiger partial charge >= 0.3 is 6.18 Å². The van der Waals surface area contributed by atoms with E-state index in [0.29, 0.717) is 31.3 Å². The number of amides is 1. The number of hydrogen-bond donors (Lipinski definition) is 3. The number of rotatable bonds is 7. The van der Waals surface area contributed by atoms with Crippen molar-refractivity contribution >= 4 is 23.0 Å². The molecule has 2 unspecified atom stereocenters. The molecule has 200 valence electrons. The van der Waals surface area contributed by atoms with Crippen molar-refractivity contribution in [1.29, 1.82) is 5.26 Å². The fourth-order valence-corrected chi connectivity index (χ4v) is 4.40. The Morgan fingerprint density at radius 1 is 1.10 bits per heavy atom. The zero-order valence-electron chi connectivity index (χ0n) is 20.8. The third-order valence-corrected chi connectivity index (χ3v) is 6.21. The third kappa shape index (κ3) is 7.10. The molecule has 10 heteroatoms. The summed E-state index contributed by atoms with van der Waals surface area (Å²) in [5.41, 5.74) is 5.66. The molecule has 2 atom stereocenters. The number of likely N-dealkylation sites (tertiary alicyclic amines) is 1. The van der Waals surface area contributed by atoms with Gasteiger partial charge in [-0.15, -0.1) is 0 Å². The van der Waals surface area contributed by atoms with Crippen LogP contribution in [0.1, 0.15) is 29.2 Å². The lowest BCUT2D eigenvalue weighted by molar-refractivity contribution is -0.110. The molecule has 1 aliphatic rings. The molecule has 1 amide bonds. The molecule has 3 aromatic rings. The molecule has 4 rings (SSSR count). The van der Waals surface area contributed by atoms with Gasteiger partial charge in [0.15, 0.2) is 0 Å². The Morgan fingerprint density at radius 2 is 1.82 bits per heavy atom. The molecule has 0 spiro atoms. The molecule has 1 aliphatic heterocycles. The number of anilines is 1. The minimum Gasteiger partial charge on any atom is -0.395 e. The number of halogens is 3. The number of β-amino-alcohol motifs (C(OH)–C–C–N with tert-alkyl or cyclic N) is 1. The van der Waals surface area contributed by atoms with Gasteiger partial charge in [0, 0.05) is 18.8 Å². The second-order valence-electron chi connectivity index (χ2n) is 9.09. The van der Waals surface area contributed by atoms with Gasteiger partial charge in [0.1, 0.15) is 11.4 Å². The highest BCUT2D eigenvalue weighted by molar-refractivity contribution is 6.47. The van der Waals surface area contributed by atoms with Crippen LogP contribution in [0.3, 0.4) is 0 Å². The van der Waals surface area contributed by atoms with Crippen molar-refractivity contribution < 1.29 is 23.1 Å². The monoisotopic (exact) mass is 533 g/mol. The number of allylic oxidation sites excluding steroid dienone is 1. The molecular formula is C29H26F3N5O2. The van der Waals surface area contributed by atoms with Crippen molar-refractivity contribution in [1.82, 2.24) is 4.90 Å². The van der Waals surface area contributed by atoms with Crippen LogP contribution in [0.4, 0.5) is 24.5 Å². The number of nitriles is 1. The predicted molar refractivity (Wildman–Crippen MR) is 142 cm³/mol. The maximum Gasteiger partial charge on any atom is 0.430 e. The van der Waals surface area contributed by atoms with Crippen molar-refractivity contribution in [2.24, 2.45) is 10.7 Å². The van der Waals surface area contributed by atoms with E-state index >= 15 is 0 Å². The lowest BCUT2D eigenvalue weighted by atomic mass is 9.97. The standard InChI is InChI=1S/C29H26F3N5O2/c30-29(31,32)26(34)16-25(35-22-10-4-6-19(14-22)17-33)28(39)36-23-11-5-9-21(15-23)27(20-7-2-1-3-8-20)37-13-12-24(38)18-37/h1-11,14-16,24,27,38H,12-13,18,34H2,(H,36,39). The van der Waals surface area contributed by atoms with Crippen LogP contribution in [0.2, 0.25) is 0 Å². The van der Waals surface area contributed by atoms with Gasteiger partial charge in [-0.05, 0) is 54.0 Å². The highest BCUT2D eigenvalue weighted by atomic mass is 19.4. The Hall–Kier alpha value is -4.46. The van der Waals surface area contributed by atoms with Crippen molar-refractivity contribution in [2.75, 3.05) is 18.4 Å². The molecule has 4 N–H and O–H groups in total. The largest absolute Gasteiger partial charge is 0.430 e. The molecule has 39 heavy (non-hydrogen) atoms. The maximum atomic E-state index is 13.2. The van der Waals surface area contributed by atoms with Crippen LogP contribution in [-0.4, -0.2) is 47.0 Å². The van der Waals surface area contributed by atoms with Crippen LogP contribution in [-0.2, 0) is 4.79 Å². The van der Waals surface area contributed by atoms with Gasteiger partial charge in [-0.25, -0.2) is 4.99 Å². The number of carbonyl (C=O) groups is 1. The second-order valence-corrected chi connectivity index (χ2v) is 9.09. The summed E-state index contributed by atoms with van der Waals surface area (Å²) < 4.78 is 39.6. The summed E-state index contributed by atoms with van der Waals surface area (Å²) in [6, 6.07) is 24.2. The molecule has 0 saturated carbocycles. The van der Waals surface area contributed by atoms with Crippen LogP contribution in [0.15, 0.2) is 95.6 Å². The number of carbonyl (C=O) groups excluding carboxylic acids is 1. The molecule has 0 bridgehead atoms. The van der Waals surface area contributed by atoms with Crippen molar-refractivity contribution in [3.63, 3.8) is 0 Å². The first-order valence-corrected chi connectivity index (χ1v) is 12.2. The topological polar surface area (TPSA) is 115 Å². The number of hydrogen-bond acceptors (Lipinski definition) is 6. The molecule has 7 nitrogen and oxygen atoms in total. The van der Waals surface area contributed by atoms with E-state index in [1.807, 2.05) is 42.5 Å². The summed E-state index contributed by atoms with van der Waals surface area (Å²) >= 11 is 0. The number of nitrogens with one attached hydrogen (secondary N) is 1. The van der Waals surface area contributed by atoms with Gasteiger partial charge < -0.3 is 16.2 Å². The third-order valence-electron chi connectivity index (χ3n) is 6.21. The van der Waals surface area contributed by atoms with Gasteiger partial charge in [-0.1, -0.05) is 48.5 Å². The van der Waals surface area contributed by atoms with Crippen LogP contribution in [0.5, 0.6) is 0 Å². The first-order chi connectivity index (χ1) is 18.6. The summed E-state index contributed by atoms with van der Waals surface area (Å²) in [6.45, 7) is 1.16. The number of aliphatic imine (C=N–C) groups is 1. The SMILES string of the molecule is N#Cc1cccc(N=C(C=C(N)C(F)(F)F)C(=O)Nc2cccc(C(c3ccccc3)N3CCC(O)C3)c2)c1. The molecule has 0 aliphatic carbocycles. The number of alkyl halides is 3. The summed E-state index contributed by atoms with van der Waals surface area (Å²) in [6.07, 6.45) is -4.20. The summed E-state index contributed by atoms with van der Waals surface area (Å²) in [5, 5.41) is 21.9. The number of benzene rings is 3. The van der Waals surface area contributed by atoms with Crippen molar-refractivity contribution in [3.05, 3.63) is 107 Å². The molecule has 1 saturated heterocycles. The molecule has 0 radical (unpaired) electrons. The maximum absolute atomic E-state index is 13.2. The molecule has 3 aromatic carbocycles. The van der Waals surface area contributed by atoms with E-state index < -0.39 is 29.6 Å². The Kier molecular flexibility index (Phi) is 8.44. The first-order valence-electron chi connectivity index (χ1n) is 12.2. The minimum atomic E-state index is -4.86. The zero-order chi connectivity index (χ0) is 28.0. The van der Waals surface area contributed by atoms with Crippen LogP contribution >= 0.6 is 0 Å². The average molecular weight is 534 g/mol. The van der Waals surface area contributed by atoms with Crippen molar-refractivity contribution in [2.45, 2.75) is 24.7 Å². The Morgan fingerprint density at radius 3 is 2.49 bits per heavy atom. The van der Waals surface area contributed by atoms with E-state index in [1.165, 1.54) is 24.3 Å². The van der Waals surface area contributed by atoms with Gasteiger partial charge in [-0.3, -0.25) is 9.69 Å². The van der Waals surface area contributed by atoms with Gasteiger partial charge in [0.05, 0.1) is 29.5 Å². The molecular weight excluding hydrogens is 507 g/mol. The minimum absolute atomic E-state index is 0.121. The van der Waals surface area contributed by atoms with E-state index in [1.54, 1.807) is 18.2 Å². The zero-order valence-corrected chi connectivity index (χ0v) is 20.8. The fraction of sp³-hybridized carbons (Fsp3) is 0.207. The second kappa shape index (κ2) is 11.9. The van der Waals surface area contributed by atoms with Gasteiger partial charge in [0.2, 0.25) is 0 Å². The smallest absolute Gasteiger partial charge is 0.395 e. The summed E-state index contributed by atoms with van der Waals surface area (Å²) in [7, 11) is 0. The highest BCUT2D eigenvalue weighted by Crippen LogP contribution is 2.33. The Labute approximate surface area is 223 Å². The van der Waals surface area contributed by atoms with E-state index in [0.717, 1.165) is 11.1 Å². The summed E-state index contributed by atoms with van der Waals surface area (Å²) in [5.74, 6) is -0.908. The van der Waals surface area contributed by atoms with Gasteiger partial charge in [0.25, 0.3) is 5.91 Å². The number of nitrogens with two attached hydrogens (primary N) is 1. The van der Waals surface area contributed by atoms with E-state index in [2.05, 4.69) is 15.2 Å². The number of nitrogens with zero attached hydrogens (tertiary/aromatic N) is 3. The van der Waals surface area contributed by atoms with Crippen molar-refractivity contribution in [3.8, 4) is 6.07 Å². The fourth-order valence-electron chi connectivity index (χ4n) is 4.40. The summed E-state index contributed by atoms with van der Waals surface area (Å²) in [4.78, 5) is 19.4. The van der Waals surface area contributed by atoms with Crippen LogP contribution in [0, 0.1) is 11.3 Å². The van der Waals surface area contributed by atoms with E-state index in [4.69, 9.17) is 11.0 Å². The number of aliphatic hydroxyl groups excluding tert-OH is 1.